The van der Waals surface area contributed by atoms with Gasteiger partial charge in [0.25, 0.3) is 5.91 Å². The Morgan fingerprint density at radius 3 is 2.23 bits per heavy atom. The van der Waals surface area contributed by atoms with E-state index in [4.69, 9.17) is 39.5 Å². The number of halogens is 3. The number of aryl methyl sites for hydroxylation is 1. The van der Waals surface area contributed by atoms with Gasteiger partial charge in [0.2, 0.25) is 0 Å². The number of ether oxygens (including phenoxy) is 1. The molecule has 4 aromatic carbocycles. The van der Waals surface area contributed by atoms with Crippen molar-refractivity contribution < 1.29 is 9.53 Å². The Morgan fingerprint density at radius 2 is 1.52 bits per heavy atom. The Balaban J connectivity index is 1.24. The number of rotatable bonds is 8. The molecular formula is C32H24Cl3N3O2. The van der Waals surface area contributed by atoms with E-state index in [1.54, 1.807) is 30.3 Å². The smallest absolute Gasteiger partial charge is 0.271 e. The number of benzene rings is 4. The van der Waals surface area contributed by atoms with Crippen LogP contribution in [0.25, 0.3) is 16.9 Å². The molecule has 1 N–H and O–H groups in total. The first kappa shape index (κ1) is 27.5. The minimum Gasteiger partial charge on any atom is -0.486 e. The van der Waals surface area contributed by atoms with E-state index in [1.807, 2.05) is 48.5 Å². The molecule has 5 rings (SSSR count). The molecule has 5 aromatic rings. The minimum atomic E-state index is -0.341. The van der Waals surface area contributed by atoms with E-state index in [1.165, 1.54) is 6.21 Å². The van der Waals surface area contributed by atoms with Crippen LogP contribution in [-0.4, -0.2) is 16.7 Å². The molecule has 0 aliphatic rings. The topological polar surface area (TPSA) is 55.6 Å². The molecule has 0 aliphatic heterocycles. The molecule has 40 heavy (non-hydrogen) atoms. The number of nitrogens with one attached hydrogen (secondary N) is 1. The Morgan fingerprint density at radius 1 is 0.850 bits per heavy atom. The number of hydrogen-bond acceptors (Lipinski definition) is 3. The molecule has 200 valence electrons. The quantitative estimate of drug-likeness (QED) is 0.146. The zero-order valence-corrected chi connectivity index (χ0v) is 23.7. The predicted octanol–water partition coefficient (Wildman–Crippen LogP) is 8.76. The van der Waals surface area contributed by atoms with Crippen LogP contribution in [0, 0.1) is 6.92 Å². The van der Waals surface area contributed by atoms with Gasteiger partial charge in [0.15, 0.2) is 5.75 Å². The maximum atomic E-state index is 12.7. The van der Waals surface area contributed by atoms with E-state index >= 15 is 0 Å². The first-order valence-corrected chi connectivity index (χ1v) is 13.6. The fourth-order valence-corrected chi connectivity index (χ4v) is 5.07. The Hall–Kier alpha value is -4.03. The molecule has 0 aliphatic carbocycles. The molecule has 0 fully saturated rings. The molecule has 0 saturated carbocycles. The number of hydrazone groups is 1. The van der Waals surface area contributed by atoms with E-state index in [9.17, 15) is 4.79 Å². The standard InChI is InChI=1S/C32H24Cl3N3O2/c1-21-11-16-30(23-7-3-2-4-8-23)38(21)26-14-12-24(13-15-26)32(39)37-36-19-22-17-28(34)31(29(35)18-22)40-20-25-9-5-6-10-27(25)33/h2-19H,20H2,1H3,(H,37,39)/b36-19+. The van der Waals surface area contributed by atoms with Gasteiger partial charge in [-0.15, -0.1) is 0 Å². The molecule has 0 spiro atoms. The number of nitrogens with zero attached hydrogens (tertiary/aromatic N) is 2. The molecular weight excluding hydrogens is 565 g/mol. The Labute approximate surface area is 247 Å². The molecule has 0 radical (unpaired) electrons. The zero-order chi connectivity index (χ0) is 28.1. The largest absolute Gasteiger partial charge is 0.486 e. The third-order valence-electron chi connectivity index (χ3n) is 6.26. The average Bonchev–Trinajstić information content (AvgIpc) is 3.35. The van der Waals surface area contributed by atoms with Gasteiger partial charge in [-0.1, -0.05) is 83.3 Å². The summed E-state index contributed by atoms with van der Waals surface area (Å²) in [5, 5.41) is 5.30. The van der Waals surface area contributed by atoms with Crippen LogP contribution in [-0.2, 0) is 6.61 Å². The molecule has 8 heteroatoms. The number of hydrogen-bond donors (Lipinski definition) is 1. The normalized spacial score (nSPS) is 11.1. The lowest BCUT2D eigenvalue weighted by atomic mass is 10.1. The van der Waals surface area contributed by atoms with Crippen LogP contribution in [0.1, 0.15) is 27.2 Å². The highest BCUT2D eigenvalue weighted by Gasteiger charge is 2.12. The predicted molar refractivity (Wildman–Crippen MR) is 163 cm³/mol. The van der Waals surface area contributed by atoms with Crippen molar-refractivity contribution in [3.05, 3.63) is 141 Å². The third-order valence-corrected chi connectivity index (χ3v) is 7.19. The first-order chi connectivity index (χ1) is 19.4. The van der Waals surface area contributed by atoms with E-state index in [2.05, 4.69) is 46.3 Å². The summed E-state index contributed by atoms with van der Waals surface area (Å²) in [5.74, 6) is 0.00470. The van der Waals surface area contributed by atoms with Crippen LogP contribution < -0.4 is 10.2 Å². The van der Waals surface area contributed by atoms with Crippen LogP contribution in [0.4, 0.5) is 0 Å². The average molecular weight is 589 g/mol. The van der Waals surface area contributed by atoms with Crippen molar-refractivity contribution in [2.75, 3.05) is 0 Å². The fourth-order valence-electron chi connectivity index (χ4n) is 4.26. The van der Waals surface area contributed by atoms with Crippen LogP contribution in [0.5, 0.6) is 5.75 Å². The van der Waals surface area contributed by atoms with Crippen molar-refractivity contribution in [2.24, 2.45) is 5.10 Å². The van der Waals surface area contributed by atoms with Gasteiger partial charge in [0.1, 0.15) is 6.61 Å². The van der Waals surface area contributed by atoms with E-state index in [-0.39, 0.29) is 12.5 Å². The van der Waals surface area contributed by atoms with Crippen LogP contribution in [0.2, 0.25) is 15.1 Å². The van der Waals surface area contributed by atoms with Crippen LogP contribution >= 0.6 is 34.8 Å². The van der Waals surface area contributed by atoms with Crippen molar-refractivity contribution in [1.29, 1.82) is 0 Å². The second kappa shape index (κ2) is 12.4. The highest BCUT2D eigenvalue weighted by molar-refractivity contribution is 6.37. The van der Waals surface area contributed by atoms with Gasteiger partial charge in [-0.25, -0.2) is 5.43 Å². The number of carbonyl (C=O) groups excluding carboxylic acids is 1. The van der Waals surface area contributed by atoms with Crippen molar-refractivity contribution in [1.82, 2.24) is 9.99 Å². The summed E-state index contributed by atoms with van der Waals surface area (Å²) in [4.78, 5) is 12.7. The summed E-state index contributed by atoms with van der Waals surface area (Å²) in [7, 11) is 0. The lowest BCUT2D eigenvalue weighted by molar-refractivity contribution is 0.0955. The van der Waals surface area contributed by atoms with Gasteiger partial charge in [0.05, 0.1) is 22.0 Å². The van der Waals surface area contributed by atoms with Gasteiger partial charge < -0.3 is 9.30 Å². The van der Waals surface area contributed by atoms with E-state index in [0.29, 0.717) is 31.9 Å². The minimum absolute atomic E-state index is 0.221. The van der Waals surface area contributed by atoms with E-state index < -0.39 is 0 Å². The van der Waals surface area contributed by atoms with Gasteiger partial charge in [-0.05, 0) is 72.6 Å². The second-order valence-corrected chi connectivity index (χ2v) is 10.2. The maximum Gasteiger partial charge on any atom is 0.271 e. The number of amides is 1. The Bertz CT molecular complexity index is 1660. The molecule has 0 atom stereocenters. The molecule has 1 amide bonds. The molecule has 1 aromatic heterocycles. The van der Waals surface area contributed by atoms with Gasteiger partial charge >= 0.3 is 0 Å². The van der Waals surface area contributed by atoms with E-state index in [0.717, 1.165) is 28.2 Å². The molecule has 0 unspecified atom stereocenters. The highest BCUT2D eigenvalue weighted by Crippen LogP contribution is 2.35. The summed E-state index contributed by atoms with van der Waals surface area (Å²) >= 11 is 19.0. The Kier molecular flexibility index (Phi) is 8.56. The summed E-state index contributed by atoms with van der Waals surface area (Å²) in [5.41, 5.74) is 8.70. The zero-order valence-electron chi connectivity index (χ0n) is 21.4. The van der Waals surface area contributed by atoms with Crippen molar-refractivity contribution >= 4 is 46.9 Å². The second-order valence-electron chi connectivity index (χ2n) is 9.00. The van der Waals surface area contributed by atoms with Crippen LogP contribution in [0.15, 0.2) is 108 Å². The summed E-state index contributed by atoms with van der Waals surface area (Å²) in [6, 6.07) is 32.4. The maximum absolute atomic E-state index is 12.7. The highest BCUT2D eigenvalue weighted by atomic mass is 35.5. The van der Waals surface area contributed by atoms with Crippen LogP contribution in [0.3, 0.4) is 0 Å². The van der Waals surface area contributed by atoms with Crippen molar-refractivity contribution in [3.8, 4) is 22.7 Å². The molecule has 0 saturated heterocycles. The van der Waals surface area contributed by atoms with Gasteiger partial charge in [-0.3, -0.25) is 4.79 Å². The first-order valence-electron chi connectivity index (χ1n) is 12.4. The van der Waals surface area contributed by atoms with Gasteiger partial charge in [0, 0.05) is 27.5 Å². The number of carbonyl (C=O) groups is 1. The SMILES string of the molecule is Cc1ccc(-c2ccccc2)n1-c1ccc(C(=O)N/N=C/c2cc(Cl)c(OCc3ccccc3Cl)c(Cl)c2)cc1. The third kappa shape index (κ3) is 6.23. The fraction of sp³-hybridized carbons (Fsp3) is 0.0625. The summed E-state index contributed by atoms with van der Waals surface area (Å²) < 4.78 is 7.96. The molecule has 5 nitrogen and oxygen atoms in total. The monoisotopic (exact) mass is 587 g/mol. The molecule has 1 heterocycles. The summed E-state index contributed by atoms with van der Waals surface area (Å²) in [6.45, 7) is 2.27. The lowest BCUT2D eigenvalue weighted by Gasteiger charge is -2.13. The summed E-state index contributed by atoms with van der Waals surface area (Å²) in [6.07, 6.45) is 1.47. The lowest BCUT2D eigenvalue weighted by Crippen LogP contribution is -2.17. The van der Waals surface area contributed by atoms with Crippen molar-refractivity contribution in [2.45, 2.75) is 13.5 Å². The van der Waals surface area contributed by atoms with Gasteiger partial charge in [-0.2, -0.15) is 5.10 Å². The van der Waals surface area contributed by atoms with Crippen molar-refractivity contribution in [3.63, 3.8) is 0 Å². The molecule has 0 bridgehead atoms. The number of aromatic nitrogens is 1.